The minimum atomic E-state index is -1.44. The molecule has 16 aromatic rings. The van der Waals surface area contributed by atoms with Crippen molar-refractivity contribution in [2.24, 2.45) is 5.73 Å². The van der Waals surface area contributed by atoms with E-state index in [1.807, 2.05) is 35.3 Å². The van der Waals surface area contributed by atoms with Gasteiger partial charge in [-0.15, -0.1) is 30.6 Å². The third-order valence-corrected chi connectivity index (χ3v) is 19.7. The number of hydrogen-bond donors (Lipinski definition) is 2. The topological polar surface area (TPSA) is 421 Å². The number of nitrogens with two attached hydrogens (primary N) is 1. The second kappa shape index (κ2) is 37.4. The van der Waals surface area contributed by atoms with Gasteiger partial charge in [0.15, 0.2) is 35.1 Å². The van der Waals surface area contributed by atoms with Crippen LogP contribution in [0.15, 0.2) is 160 Å². The maximum atomic E-state index is 15.0. The summed E-state index contributed by atoms with van der Waals surface area (Å²) in [5.74, 6) is 1.90. The molecule has 0 spiro atoms. The molecular weight excluding hydrogens is 1560 g/mol. The molecule has 609 valence electrons. The fourth-order valence-electron chi connectivity index (χ4n) is 13.3. The molecule has 4 saturated carbocycles. The number of methoxy groups -OCH3 is 2. The molecule has 0 atom stereocenters. The number of esters is 1. The maximum absolute atomic E-state index is 15.0. The van der Waals surface area contributed by atoms with Gasteiger partial charge in [0.1, 0.15) is 46.6 Å². The third-order valence-electron chi connectivity index (χ3n) is 19.7. The van der Waals surface area contributed by atoms with Gasteiger partial charge in [-0.05, 0) is 193 Å². The molecular formula is C78H83F2MnN29O8. The number of pyridine rings is 4. The van der Waals surface area contributed by atoms with E-state index in [1.54, 1.807) is 62.4 Å². The Morgan fingerprint density at radius 2 is 0.881 bits per heavy atom. The number of aryl methyl sites for hydroxylation is 1. The number of aldehydes is 1. The van der Waals surface area contributed by atoms with E-state index >= 15 is 4.39 Å². The fraction of sp³-hybridized carbons (Fsp3) is 0.333. The van der Waals surface area contributed by atoms with Crippen molar-refractivity contribution in [3.63, 3.8) is 0 Å². The molecule has 4 fully saturated rings. The van der Waals surface area contributed by atoms with Gasteiger partial charge in [0.2, 0.25) is 0 Å². The van der Waals surface area contributed by atoms with Crippen LogP contribution in [0.1, 0.15) is 184 Å². The predicted molar refractivity (Wildman–Crippen MR) is 412 cm³/mol. The number of halogens is 2. The van der Waals surface area contributed by atoms with Crippen LogP contribution in [0.2, 0.25) is 0 Å². The summed E-state index contributed by atoms with van der Waals surface area (Å²) in [6.07, 6.45) is 39.2. The Hall–Kier alpha value is -13.5. The summed E-state index contributed by atoms with van der Waals surface area (Å²) in [6.45, 7) is 4.12. The van der Waals surface area contributed by atoms with Gasteiger partial charge in [-0.2, -0.15) is 0 Å². The quantitative estimate of drug-likeness (QED) is 0.0306. The zero-order chi connectivity index (χ0) is 80.9. The molecule has 40 heteroatoms. The van der Waals surface area contributed by atoms with Gasteiger partial charge < -0.3 is 42.7 Å². The van der Waals surface area contributed by atoms with Crippen LogP contribution in [0.25, 0.3) is 34.0 Å². The van der Waals surface area contributed by atoms with Gasteiger partial charge in [-0.25, -0.2) is 61.6 Å². The molecule has 118 heavy (non-hydrogen) atoms. The van der Waals surface area contributed by atoms with Crippen LogP contribution >= 0.6 is 0 Å². The number of aromatic nitrogens is 28. The van der Waals surface area contributed by atoms with Crippen molar-refractivity contribution in [3.05, 3.63) is 250 Å². The van der Waals surface area contributed by atoms with Crippen LogP contribution in [0, 0.1) is 11.6 Å². The molecule has 0 saturated heterocycles. The van der Waals surface area contributed by atoms with Crippen LogP contribution < -0.4 is 15.2 Å². The zero-order valence-corrected chi connectivity index (χ0v) is 64.8. The zero-order valence-electron chi connectivity index (χ0n) is 63.7. The minimum absolute atomic E-state index is 0. The number of aliphatic hydroxyl groups is 1. The van der Waals surface area contributed by atoms with Crippen molar-refractivity contribution < 1.29 is 60.2 Å². The molecule has 0 amide bonds. The SMILES string of the molecule is C.CCOC(=O)c1cn(Cc2cn3cc(C4CC4)ccc3n2)nn1.COc1ccc(-n2cnnn2)c(CCCc2cn(Cc3cn4cc(C5CC5)ccc4n3)nn2)c1F.COc1ccc(-n2cnnn2)c(CN)c1F.O=Cc1cn(Cc2cn3cc(C4CC4)ccc3n2)nn1.OCc1cn(Cc2cn3cc(C4CC4)ccc3n2)nn1.[O]=[Mn]=[O]. The van der Waals surface area contributed by atoms with Gasteiger partial charge in [-0.3, -0.25) is 4.79 Å². The number of carbonyl (C=O) groups excluding carboxylic acids is 2. The van der Waals surface area contributed by atoms with Crippen LogP contribution in [0.3, 0.4) is 0 Å². The van der Waals surface area contributed by atoms with Crippen LogP contribution in [0.5, 0.6) is 11.5 Å². The standard InChI is InChI=1S/C24H24FN9O.C16H17N5O2.C14H15N5O.C14H13N5O.C9H10FN5O.CH4.Mn.2O/c1-35-22-9-8-21(34-15-26-29-31-34)20(24(22)25)4-2-3-18-13-33(30-28-18)14-19-12-32-11-17(16-5-6-16)7-10-23(32)27-19;1-2-23-16(22)14-10-21(19-18-14)9-13-8-20-7-12(11-3-4-11)5-6-15(20)17-13;2*20-9-13-8-19(17-16-13)7-12-6-18-5-11(10-1-2-10)3-4-14(18)15-12;1-16-8-3-2-7(6(4-11)9(8)10)15-5-12-13-14-15;;;;/h7-13,15-16H,2-6,14H2,1H3;5-8,10-11H,2-4,9H2,1H3;3-6,8,10,20H,1-2,7,9H2;3-6,8-10H,1-2,7H2;2-3,5H,4,11H2,1H3;1H4;;;. The Labute approximate surface area is 677 Å². The summed E-state index contributed by atoms with van der Waals surface area (Å²) in [7, 11) is 2.85. The van der Waals surface area contributed by atoms with Gasteiger partial charge in [-0.1, -0.05) is 52.5 Å². The molecule has 20 rings (SSSR count). The van der Waals surface area contributed by atoms with E-state index in [4.69, 9.17) is 37.7 Å². The van der Waals surface area contributed by atoms with E-state index in [2.05, 4.69) is 174 Å². The van der Waals surface area contributed by atoms with E-state index in [-0.39, 0.29) is 37.8 Å². The molecule has 0 unspecified atom stereocenters. The Morgan fingerprint density at radius 3 is 1.25 bits per heavy atom. The van der Waals surface area contributed by atoms with Crippen molar-refractivity contribution >= 4 is 34.8 Å². The first-order valence-electron chi connectivity index (χ1n) is 37.7. The average molecular weight is 1650 g/mol. The fourth-order valence-corrected chi connectivity index (χ4v) is 13.3. The number of imidazole rings is 4. The van der Waals surface area contributed by atoms with Crippen molar-refractivity contribution in [2.75, 3.05) is 20.8 Å². The number of benzene rings is 2. The molecule has 14 aromatic heterocycles. The summed E-state index contributed by atoms with van der Waals surface area (Å²) in [4.78, 5) is 40.6. The Balaban J connectivity index is 0.000000123. The summed E-state index contributed by atoms with van der Waals surface area (Å²) in [5.41, 5.74) is 22.3. The number of fused-ring (bicyclic) bond motifs is 4. The number of rotatable bonds is 25. The van der Waals surface area contributed by atoms with Crippen molar-refractivity contribution in [2.45, 2.75) is 148 Å². The number of hydrogen-bond acceptors (Lipinski definition) is 27. The van der Waals surface area contributed by atoms with Crippen LogP contribution in [0.4, 0.5) is 8.78 Å². The molecule has 14 heterocycles. The first-order chi connectivity index (χ1) is 57.2. The predicted octanol–water partition coefficient (Wildman–Crippen LogP) is 8.85. The Kier molecular flexibility index (Phi) is 25.7. The normalized spacial score (nSPS) is 13.4. The molecule has 2 aromatic carbocycles. The van der Waals surface area contributed by atoms with Crippen molar-refractivity contribution in [1.29, 1.82) is 0 Å². The summed E-state index contributed by atoms with van der Waals surface area (Å²) < 4.78 is 78.4. The van der Waals surface area contributed by atoms with E-state index in [0.717, 1.165) is 62.9 Å². The number of carbonyl (C=O) groups is 2. The molecule has 4 aliphatic carbocycles. The Bertz CT molecular complexity index is 6120. The second-order valence-corrected chi connectivity index (χ2v) is 28.4. The van der Waals surface area contributed by atoms with Gasteiger partial charge in [0.25, 0.3) is 0 Å². The average Bonchev–Trinajstić information content (AvgIpc) is 1.62. The molecule has 37 nitrogen and oxygen atoms in total. The van der Waals surface area contributed by atoms with Crippen LogP contribution in [-0.4, -0.2) is 176 Å². The van der Waals surface area contributed by atoms with E-state index < -0.39 is 32.4 Å². The monoisotopic (exact) mass is 1650 g/mol. The molecule has 3 N–H and O–H groups in total. The van der Waals surface area contributed by atoms with Gasteiger partial charge in [0, 0.05) is 73.4 Å². The molecule has 0 radical (unpaired) electrons. The number of tetrazole rings is 2. The molecule has 4 aliphatic rings. The Morgan fingerprint density at radius 1 is 0.492 bits per heavy atom. The van der Waals surface area contributed by atoms with Gasteiger partial charge in [0.05, 0.1) is 112 Å². The first kappa shape index (κ1) is 81.1. The number of aliphatic hydroxyl groups excluding tert-OH is 1. The first-order valence-corrected chi connectivity index (χ1v) is 38.7. The van der Waals surface area contributed by atoms with Crippen molar-refractivity contribution in [1.82, 2.24) is 138 Å². The van der Waals surface area contributed by atoms with E-state index in [9.17, 15) is 14.0 Å². The number of nitrogens with zero attached hydrogens (tertiary/aromatic N) is 28. The van der Waals surface area contributed by atoms with Gasteiger partial charge >= 0.3 is 28.5 Å². The van der Waals surface area contributed by atoms with E-state index in [0.29, 0.717) is 104 Å². The molecule has 0 aliphatic heterocycles. The number of ether oxygens (including phenoxy) is 3. The summed E-state index contributed by atoms with van der Waals surface area (Å²) in [6, 6.07) is 23.4. The summed E-state index contributed by atoms with van der Waals surface area (Å²) in [5, 5.41) is 62.7. The van der Waals surface area contributed by atoms with Crippen LogP contribution in [-0.2, 0) is 79.4 Å². The van der Waals surface area contributed by atoms with Crippen molar-refractivity contribution in [3.8, 4) is 22.9 Å². The molecule has 0 bridgehead atoms. The second-order valence-electron chi connectivity index (χ2n) is 28.2. The van der Waals surface area contributed by atoms with E-state index in [1.165, 1.54) is 116 Å². The third kappa shape index (κ3) is 20.1. The summed E-state index contributed by atoms with van der Waals surface area (Å²) >= 11 is -1.44.